The van der Waals surface area contributed by atoms with Crippen LogP contribution in [0.4, 0.5) is 5.82 Å². The largest absolute Gasteiger partial charge is 0.332 e. The molecule has 1 N–H and O–H groups in total. The molecule has 0 aliphatic carbocycles. The van der Waals surface area contributed by atoms with E-state index in [0.29, 0.717) is 5.82 Å². The number of hydrogen-bond acceptors (Lipinski definition) is 6. The van der Waals surface area contributed by atoms with Crippen LogP contribution in [-0.4, -0.2) is 25.3 Å². The Bertz CT molecular complexity index is 1000. The summed E-state index contributed by atoms with van der Waals surface area (Å²) in [5.74, 6) is 0.320. The maximum Gasteiger partial charge on any atom is 0.332 e. The molecule has 0 radical (unpaired) electrons. The van der Waals surface area contributed by atoms with Gasteiger partial charge in [-0.2, -0.15) is 5.10 Å². The number of hydrazone groups is 1. The fourth-order valence-corrected chi connectivity index (χ4v) is 2.10. The molecule has 0 atom stereocenters. The van der Waals surface area contributed by atoms with E-state index < -0.39 is 11.2 Å². The van der Waals surface area contributed by atoms with Gasteiger partial charge < -0.3 is 0 Å². The number of aromatic nitrogens is 4. The Labute approximate surface area is 130 Å². The molecular weight excluding hydrogens is 296 g/mol. The molecule has 2 heterocycles. The zero-order valence-electron chi connectivity index (χ0n) is 12.6. The van der Waals surface area contributed by atoms with Gasteiger partial charge in [0.25, 0.3) is 5.56 Å². The summed E-state index contributed by atoms with van der Waals surface area (Å²) in [6.45, 7) is 0. The summed E-state index contributed by atoms with van der Waals surface area (Å²) < 4.78 is 2.27. The van der Waals surface area contributed by atoms with Crippen LogP contribution < -0.4 is 16.7 Å². The molecule has 2 aromatic heterocycles. The molecule has 0 bridgehead atoms. The van der Waals surface area contributed by atoms with Gasteiger partial charge in [0.15, 0.2) is 17.0 Å². The van der Waals surface area contributed by atoms with E-state index in [-0.39, 0.29) is 11.2 Å². The van der Waals surface area contributed by atoms with Crippen LogP contribution in [-0.2, 0) is 14.1 Å². The average molecular weight is 310 g/mol. The van der Waals surface area contributed by atoms with E-state index in [1.54, 1.807) is 13.3 Å². The first-order valence-corrected chi connectivity index (χ1v) is 6.85. The van der Waals surface area contributed by atoms with E-state index in [9.17, 15) is 9.59 Å². The van der Waals surface area contributed by atoms with Crippen LogP contribution in [0.3, 0.4) is 0 Å². The molecule has 8 nitrogen and oxygen atoms in total. The quantitative estimate of drug-likeness (QED) is 0.561. The minimum absolute atomic E-state index is 0.106. The Morgan fingerprint density at radius 1 is 1.13 bits per heavy atom. The van der Waals surface area contributed by atoms with Crippen molar-refractivity contribution in [2.75, 3.05) is 5.43 Å². The van der Waals surface area contributed by atoms with Crippen LogP contribution in [0, 0.1) is 0 Å². The van der Waals surface area contributed by atoms with Gasteiger partial charge in [-0.25, -0.2) is 14.8 Å². The first-order valence-electron chi connectivity index (χ1n) is 6.85. The summed E-state index contributed by atoms with van der Waals surface area (Å²) in [7, 11) is 2.94. The van der Waals surface area contributed by atoms with Gasteiger partial charge in [-0.15, -0.1) is 0 Å². The molecule has 0 spiro atoms. The molecule has 0 saturated carbocycles. The summed E-state index contributed by atoms with van der Waals surface area (Å²) in [6.07, 6.45) is 3.05. The van der Waals surface area contributed by atoms with Gasteiger partial charge in [0.05, 0.1) is 12.4 Å². The lowest BCUT2D eigenvalue weighted by molar-refractivity contribution is 0.704. The molecule has 0 unspecified atom stereocenters. The number of nitrogens with one attached hydrogen (secondary N) is 1. The molecule has 3 aromatic rings. The normalized spacial score (nSPS) is 11.2. The van der Waals surface area contributed by atoms with Crippen LogP contribution >= 0.6 is 0 Å². The van der Waals surface area contributed by atoms with Crippen molar-refractivity contribution in [3.8, 4) is 0 Å². The molecule has 1 aromatic carbocycles. The summed E-state index contributed by atoms with van der Waals surface area (Å²) in [4.78, 5) is 32.3. The lowest BCUT2D eigenvalue weighted by atomic mass is 10.2. The molecule has 0 aliphatic heterocycles. The Morgan fingerprint density at radius 3 is 2.61 bits per heavy atom. The van der Waals surface area contributed by atoms with Crippen molar-refractivity contribution in [2.24, 2.45) is 19.2 Å². The zero-order valence-corrected chi connectivity index (χ0v) is 12.6. The SMILES string of the molecule is Cn1c(=O)c2nc(NN=Cc3ccccc3)cnc2n(C)c1=O. The van der Waals surface area contributed by atoms with Gasteiger partial charge in [0.2, 0.25) is 0 Å². The number of nitrogens with zero attached hydrogens (tertiary/aromatic N) is 5. The lowest BCUT2D eigenvalue weighted by Gasteiger charge is -2.06. The van der Waals surface area contributed by atoms with Crippen molar-refractivity contribution < 1.29 is 0 Å². The van der Waals surface area contributed by atoms with Crippen LogP contribution in [0.5, 0.6) is 0 Å². The fraction of sp³-hybridized carbons (Fsp3) is 0.133. The number of aryl methyl sites for hydroxylation is 1. The highest BCUT2D eigenvalue weighted by Crippen LogP contribution is 2.06. The monoisotopic (exact) mass is 310 g/mol. The first-order chi connectivity index (χ1) is 11.1. The molecule has 0 fully saturated rings. The van der Waals surface area contributed by atoms with Crippen LogP contribution in [0.25, 0.3) is 11.2 Å². The fourth-order valence-electron chi connectivity index (χ4n) is 2.10. The highest BCUT2D eigenvalue weighted by Gasteiger charge is 2.11. The second kappa shape index (κ2) is 5.84. The smallest absolute Gasteiger partial charge is 0.279 e. The van der Waals surface area contributed by atoms with E-state index >= 15 is 0 Å². The summed E-state index contributed by atoms with van der Waals surface area (Å²) in [6, 6.07) is 9.54. The number of anilines is 1. The Morgan fingerprint density at radius 2 is 1.87 bits per heavy atom. The second-order valence-corrected chi connectivity index (χ2v) is 4.91. The van der Waals surface area contributed by atoms with Crippen molar-refractivity contribution in [3.05, 3.63) is 62.9 Å². The number of benzene rings is 1. The van der Waals surface area contributed by atoms with Crippen LogP contribution in [0.2, 0.25) is 0 Å². The van der Waals surface area contributed by atoms with Crippen molar-refractivity contribution in [3.63, 3.8) is 0 Å². The molecule has 8 heteroatoms. The zero-order chi connectivity index (χ0) is 16.4. The predicted octanol–water partition coefficient (Wildman–Crippen LogP) is 0.473. The van der Waals surface area contributed by atoms with Gasteiger partial charge in [0.1, 0.15) is 0 Å². The highest BCUT2D eigenvalue weighted by atomic mass is 16.2. The molecule has 0 aliphatic rings. The molecule has 0 amide bonds. The minimum Gasteiger partial charge on any atom is -0.279 e. The second-order valence-electron chi connectivity index (χ2n) is 4.91. The van der Waals surface area contributed by atoms with Crippen LogP contribution in [0.1, 0.15) is 5.56 Å². The average Bonchev–Trinajstić information content (AvgIpc) is 2.59. The van der Waals surface area contributed by atoms with Crippen molar-refractivity contribution in [1.82, 2.24) is 19.1 Å². The van der Waals surface area contributed by atoms with Gasteiger partial charge in [0, 0.05) is 14.1 Å². The minimum atomic E-state index is -0.494. The van der Waals surface area contributed by atoms with Crippen molar-refractivity contribution in [1.29, 1.82) is 0 Å². The van der Waals surface area contributed by atoms with Gasteiger partial charge >= 0.3 is 5.69 Å². The molecule has 3 rings (SSSR count). The summed E-state index contributed by atoms with van der Waals surface area (Å²) >= 11 is 0. The molecule has 116 valence electrons. The molecule has 23 heavy (non-hydrogen) atoms. The van der Waals surface area contributed by atoms with Gasteiger partial charge in [-0.1, -0.05) is 30.3 Å². The Balaban J connectivity index is 1.96. The predicted molar refractivity (Wildman–Crippen MR) is 87.7 cm³/mol. The Kier molecular flexibility index (Phi) is 3.71. The number of hydrogen-bond donors (Lipinski definition) is 1. The van der Waals surface area contributed by atoms with E-state index in [1.807, 2.05) is 30.3 Å². The van der Waals surface area contributed by atoms with E-state index in [0.717, 1.165) is 10.1 Å². The number of rotatable bonds is 3. The van der Waals surface area contributed by atoms with Gasteiger partial charge in [-0.3, -0.25) is 19.4 Å². The third kappa shape index (κ3) is 2.73. The third-order valence-corrected chi connectivity index (χ3v) is 3.34. The van der Waals surface area contributed by atoms with Crippen molar-refractivity contribution >= 4 is 23.2 Å². The molecule has 0 saturated heterocycles. The molecular formula is C15H14N6O2. The summed E-state index contributed by atoms with van der Waals surface area (Å²) in [5.41, 5.74) is 3.05. The van der Waals surface area contributed by atoms with Crippen LogP contribution in [0.15, 0.2) is 51.2 Å². The van der Waals surface area contributed by atoms with E-state index in [2.05, 4.69) is 20.5 Å². The topological polar surface area (TPSA) is 94.2 Å². The maximum absolute atomic E-state index is 12.1. The van der Waals surface area contributed by atoms with E-state index in [1.165, 1.54) is 17.8 Å². The standard InChI is InChI=1S/C15H14N6O2/c1-20-13-12(14(22)21(2)15(20)23)18-11(9-16-13)19-17-8-10-6-4-3-5-7-10/h3-9H,1-2H3,(H,18,19). The lowest BCUT2D eigenvalue weighted by Crippen LogP contribution is -2.37. The van der Waals surface area contributed by atoms with E-state index in [4.69, 9.17) is 0 Å². The maximum atomic E-state index is 12.1. The first kappa shape index (κ1) is 14.6. The Hall–Kier alpha value is -3.29. The van der Waals surface area contributed by atoms with Crippen molar-refractivity contribution in [2.45, 2.75) is 0 Å². The van der Waals surface area contributed by atoms with Gasteiger partial charge in [-0.05, 0) is 5.56 Å². The third-order valence-electron chi connectivity index (χ3n) is 3.34. The highest BCUT2D eigenvalue weighted by molar-refractivity contribution is 5.80. The summed E-state index contributed by atoms with van der Waals surface area (Å²) in [5, 5.41) is 4.06. The number of fused-ring (bicyclic) bond motifs is 1.